The van der Waals surface area contributed by atoms with Gasteiger partial charge >= 0.3 is 5.97 Å². The van der Waals surface area contributed by atoms with E-state index in [0.29, 0.717) is 12.2 Å². The van der Waals surface area contributed by atoms with Gasteiger partial charge in [0.05, 0.1) is 17.9 Å². The second-order valence-corrected chi connectivity index (χ2v) is 4.39. The molecule has 0 fully saturated rings. The third-order valence-electron chi connectivity index (χ3n) is 3.27. The standard InChI is InChI=1S/C13H18N2O2/c1-5-17-13(16)11-8(2)10-6-7-15(4)12(10)14-9(11)3/h5-7H2,1-4H3. The van der Waals surface area contributed by atoms with E-state index in [1.807, 2.05) is 27.8 Å². The molecular formula is C13H18N2O2. The maximum absolute atomic E-state index is 11.9. The van der Waals surface area contributed by atoms with Crippen LogP contribution in [0.1, 0.15) is 34.1 Å². The maximum Gasteiger partial charge on any atom is 0.340 e. The number of carbonyl (C=O) groups is 1. The first-order valence-corrected chi connectivity index (χ1v) is 5.94. The molecular weight excluding hydrogens is 216 g/mol. The van der Waals surface area contributed by atoms with Crippen LogP contribution in [0.3, 0.4) is 0 Å². The number of pyridine rings is 1. The molecule has 4 nitrogen and oxygen atoms in total. The number of anilines is 1. The van der Waals surface area contributed by atoms with Gasteiger partial charge in [-0.3, -0.25) is 0 Å². The number of ether oxygens (including phenoxy) is 1. The number of aromatic nitrogens is 1. The number of esters is 1. The number of aryl methyl sites for hydroxylation is 1. The maximum atomic E-state index is 11.9. The molecule has 0 aromatic carbocycles. The molecule has 92 valence electrons. The Bertz CT molecular complexity index is 469. The third kappa shape index (κ3) is 1.88. The van der Waals surface area contributed by atoms with Crippen molar-refractivity contribution < 1.29 is 9.53 Å². The monoisotopic (exact) mass is 234 g/mol. The Hall–Kier alpha value is -1.58. The number of nitrogens with zero attached hydrogens (tertiary/aromatic N) is 2. The fourth-order valence-electron chi connectivity index (χ4n) is 2.38. The predicted octanol–water partition coefficient (Wildman–Crippen LogP) is 1.87. The normalized spacial score (nSPS) is 13.8. The van der Waals surface area contributed by atoms with Crippen LogP contribution in [0.25, 0.3) is 0 Å². The summed E-state index contributed by atoms with van der Waals surface area (Å²) >= 11 is 0. The lowest BCUT2D eigenvalue weighted by molar-refractivity contribution is 0.0524. The fourth-order valence-corrected chi connectivity index (χ4v) is 2.38. The minimum atomic E-state index is -0.257. The van der Waals surface area contributed by atoms with Crippen molar-refractivity contribution in [1.29, 1.82) is 0 Å². The highest BCUT2D eigenvalue weighted by Crippen LogP contribution is 2.30. The Morgan fingerprint density at radius 3 is 2.82 bits per heavy atom. The Morgan fingerprint density at radius 2 is 2.18 bits per heavy atom. The first kappa shape index (κ1) is 11.9. The quantitative estimate of drug-likeness (QED) is 0.733. The molecule has 0 spiro atoms. The fraction of sp³-hybridized carbons (Fsp3) is 0.538. The highest BCUT2D eigenvalue weighted by molar-refractivity contribution is 5.93. The average molecular weight is 234 g/mol. The number of rotatable bonds is 2. The summed E-state index contributed by atoms with van der Waals surface area (Å²) in [6.07, 6.45) is 0.956. The lowest BCUT2D eigenvalue weighted by atomic mass is 10.0. The zero-order chi connectivity index (χ0) is 12.6. The van der Waals surface area contributed by atoms with Gasteiger partial charge in [0, 0.05) is 19.2 Å². The molecule has 0 atom stereocenters. The van der Waals surface area contributed by atoms with Gasteiger partial charge in [0.15, 0.2) is 0 Å². The summed E-state index contributed by atoms with van der Waals surface area (Å²) in [5.41, 5.74) is 3.60. The highest BCUT2D eigenvalue weighted by Gasteiger charge is 2.25. The molecule has 1 aromatic rings. The summed E-state index contributed by atoms with van der Waals surface area (Å²) in [5.74, 6) is 0.750. The number of hydrogen-bond acceptors (Lipinski definition) is 4. The third-order valence-corrected chi connectivity index (χ3v) is 3.27. The molecule has 4 heteroatoms. The van der Waals surface area contributed by atoms with Crippen LogP contribution in [0.5, 0.6) is 0 Å². The lowest BCUT2D eigenvalue weighted by Gasteiger charge is -2.15. The van der Waals surface area contributed by atoms with Crippen LogP contribution < -0.4 is 4.90 Å². The second-order valence-electron chi connectivity index (χ2n) is 4.39. The van der Waals surface area contributed by atoms with E-state index in [1.165, 1.54) is 5.56 Å². The van der Waals surface area contributed by atoms with E-state index >= 15 is 0 Å². The molecule has 0 unspecified atom stereocenters. The van der Waals surface area contributed by atoms with Gasteiger partial charge in [-0.25, -0.2) is 9.78 Å². The van der Waals surface area contributed by atoms with E-state index in [4.69, 9.17) is 4.74 Å². The SMILES string of the molecule is CCOC(=O)c1c(C)nc2c(c1C)CCN2C. The number of hydrogen-bond donors (Lipinski definition) is 0. The Balaban J connectivity index is 2.52. The van der Waals surface area contributed by atoms with Crippen LogP contribution >= 0.6 is 0 Å². The van der Waals surface area contributed by atoms with Crippen LogP contribution in [0.15, 0.2) is 0 Å². The van der Waals surface area contributed by atoms with Gasteiger partial charge in [-0.05, 0) is 32.8 Å². The molecule has 0 saturated carbocycles. The highest BCUT2D eigenvalue weighted by atomic mass is 16.5. The molecule has 2 heterocycles. The van der Waals surface area contributed by atoms with E-state index in [2.05, 4.69) is 9.88 Å². The van der Waals surface area contributed by atoms with Gasteiger partial charge in [-0.1, -0.05) is 0 Å². The topological polar surface area (TPSA) is 42.4 Å². The van der Waals surface area contributed by atoms with Crippen LogP contribution in [-0.2, 0) is 11.2 Å². The molecule has 1 aliphatic rings. The van der Waals surface area contributed by atoms with Crippen molar-refractivity contribution in [1.82, 2.24) is 4.98 Å². The van der Waals surface area contributed by atoms with Crippen molar-refractivity contribution in [2.45, 2.75) is 27.2 Å². The Labute approximate surface area is 102 Å². The van der Waals surface area contributed by atoms with E-state index < -0.39 is 0 Å². The summed E-state index contributed by atoms with van der Waals surface area (Å²) in [6, 6.07) is 0. The summed E-state index contributed by atoms with van der Waals surface area (Å²) in [6.45, 7) is 7.03. The van der Waals surface area contributed by atoms with E-state index in [1.54, 1.807) is 0 Å². The van der Waals surface area contributed by atoms with Gasteiger partial charge in [0.2, 0.25) is 0 Å². The summed E-state index contributed by atoms with van der Waals surface area (Å²) in [4.78, 5) is 18.5. The van der Waals surface area contributed by atoms with Gasteiger partial charge < -0.3 is 9.64 Å². The second kappa shape index (κ2) is 4.35. The minimum Gasteiger partial charge on any atom is -0.462 e. The van der Waals surface area contributed by atoms with Crippen molar-refractivity contribution in [2.75, 3.05) is 25.1 Å². The Morgan fingerprint density at radius 1 is 1.47 bits per heavy atom. The molecule has 17 heavy (non-hydrogen) atoms. The van der Waals surface area contributed by atoms with E-state index in [0.717, 1.165) is 30.0 Å². The van der Waals surface area contributed by atoms with E-state index in [-0.39, 0.29) is 5.97 Å². The molecule has 0 N–H and O–H groups in total. The van der Waals surface area contributed by atoms with E-state index in [9.17, 15) is 4.79 Å². The van der Waals surface area contributed by atoms with Crippen molar-refractivity contribution in [3.05, 3.63) is 22.4 Å². The Kier molecular flexibility index (Phi) is 3.05. The molecule has 1 aromatic heterocycles. The summed E-state index contributed by atoms with van der Waals surface area (Å²) < 4.78 is 5.08. The van der Waals surface area contributed by atoms with Gasteiger partial charge in [0.25, 0.3) is 0 Å². The zero-order valence-electron chi connectivity index (χ0n) is 10.8. The van der Waals surface area contributed by atoms with Crippen LogP contribution in [0.2, 0.25) is 0 Å². The summed E-state index contributed by atoms with van der Waals surface area (Å²) in [7, 11) is 2.03. The largest absolute Gasteiger partial charge is 0.462 e. The minimum absolute atomic E-state index is 0.257. The predicted molar refractivity (Wildman–Crippen MR) is 66.6 cm³/mol. The van der Waals surface area contributed by atoms with Crippen LogP contribution in [0.4, 0.5) is 5.82 Å². The smallest absolute Gasteiger partial charge is 0.340 e. The van der Waals surface area contributed by atoms with Crippen molar-refractivity contribution in [3.63, 3.8) is 0 Å². The molecule has 0 amide bonds. The molecule has 0 bridgehead atoms. The zero-order valence-corrected chi connectivity index (χ0v) is 10.8. The van der Waals surface area contributed by atoms with Gasteiger partial charge in [0.1, 0.15) is 5.82 Å². The molecule has 1 aliphatic heterocycles. The van der Waals surface area contributed by atoms with Crippen molar-refractivity contribution in [2.24, 2.45) is 0 Å². The number of fused-ring (bicyclic) bond motifs is 1. The lowest BCUT2D eigenvalue weighted by Crippen LogP contribution is -2.16. The molecule has 0 saturated heterocycles. The average Bonchev–Trinajstić information content (AvgIpc) is 2.61. The number of likely N-dealkylation sites (N-methyl/N-ethyl adjacent to an activating group) is 1. The molecule has 0 aliphatic carbocycles. The molecule has 2 rings (SSSR count). The van der Waals surface area contributed by atoms with Gasteiger partial charge in [-0.15, -0.1) is 0 Å². The summed E-state index contributed by atoms with van der Waals surface area (Å²) in [5, 5.41) is 0. The molecule has 0 radical (unpaired) electrons. The van der Waals surface area contributed by atoms with Crippen LogP contribution in [0, 0.1) is 13.8 Å². The van der Waals surface area contributed by atoms with Crippen molar-refractivity contribution >= 4 is 11.8 Å². The first-order valence-electron chi connectivity index (χ1n) is 5.94. The van der Waals surface area contributed by atoms with Crippen molar-refractivity contribution in [3.8, 4) is 0 Å². The van der Waals surface area contributed by atoms with Gasteiger partial charge in [-0.2, -0.15) is 0 Å². The number of carbonyl (C=O) groups excluding carboxylic acids is 1. The van der Waals surface area contributed by atoms with Crippen LogP contribution in [-0.4, -0.2) is 31.2 Å². The first-order chi connectivity index (χ1) is 8.06.